The van der Waals surface area contributed by atoms with E-state index >= 15 is 0 Å². The number of anilines is 3. The van der Waals surface area contributed by atoms with Crippen LogP contribution in [0.5, 0.6) is 5.75 Å². The number of hydrogen-bond donors (Lipinski definition) is 3. The summed E-state index contributed by atoms with van der Waals surface area (Å²) >= 11 is 0. The van der Waals surface area contributed by atoms with Crippen LogP contribution in [0.2, 0.25) is 0 Å². The van der Waals surface area contributed by atoms with Crippen LogP contribution in [0, 0.1) is 0 Å². The lowest BCUT2D eigenvalue weighted by molar-refractivity contribution is -0.137. The number of benzene rings is 1. The smallest absolute Gasteiger partial charge is 0.421 e. The molecule has 0 spiro atoms. The van der Waals surface area contributed by atoms with Gasteiger partial charge in [0.15, 0.2) is 0 Å². The zero-order valence-corrected chi connectivity index (χ0v) is 24.6. The van der Waals surface area contributed by atoms with Gasteiger partial charge in [-0.15, -0.1) is 0 Å². The number of carbonyl (C=O) groups is 2. The highest BCUT2D eigenvalue weighted by Crippen LogP contribution is 2.36. The minimum atomic E-state index is -4.68. The quantitative estimate of drug-likeness (QED) is 0.386. The number of methoxy groups -OCH3 is 1. The van der Waals surface area contributed by atoms with Crippen LogP contribution >= 0.6 is 0 Å². The molecule has 0 bridgehead atoms. The van der Waals surface area contributed by atoms with Crippen LogP contribution in [-0.4, -0.2) is 84.0 Å². The Morgan fingerprint density at radius 1 is 1.14 bits per heavy atom. The van der Waals surface area contributed by atoms with Crippen LogP contribution in [0.15, 0.2) is 24.4 Å². The first-order valence-corrected chi connectivity index (χ1v) is 14.4. The van der Waals surface area contributed by atoms with E-state index in [2.05, 4.69) is 37.9 Å². The van der Waals surface area contributed by atoms with Crippen molar-refractivity contribution < 1.29 is 27.5 Å². The van der Waals surface area contributed by atoms with E-state index in [1.54, 1.807) is 37.1 Å². The van der Waals surface area contributed by atoms with Crippen molar-refractivity contribution in [1.29, 1.82) is 0 Å². The summed E-state index contributed by atoms with van der Waals surface area (Å²) < 4.78 is 47.4. The average molecular weight is 592 g/mol. The minimum absolute atomic E-state index is 0.0645. The second-order valence-corrected chi connectivity index (χ2v) is 11.0. The van der Waals surface area contributed by atoms with Crippen LogP contribution in [0.4, 0.5) is 30.6 Å². The lowest BCUT2D eigenvalue weighted by atomic mass is 9.89. The third-order valence-electron chi connectivity index (χ3n) is 8.10. The summed E-state index contributed by atoms with van der Waals surface area (Å²) in [4.78, 5) is 37.2. The van der Waals surface area contributed by atoms with Crippen molar-refractivity contribution in [2.45, 2.75) is 76.2 Å². The Balaban J connectivity index is 1.54. The summed E-state index contributed by atoms with van der Waals surface area (Å²) in [5.74, 6) is -0.401. The molecular weight excluding hydrogens is 551 g/mol. The number of hydrogen-bond acceptors (Lipinski definition) is 8. The second kappa shape index (κ2) is 13.6. The molecule has 4 rings (SSSR count). The lowest BCUT2D eigenvalue weighted by Gasteiger charge is -2.39. The number of ether oxygens (including phenoxy) is 1. The molecule has 10 nitrogen and oxygen atoms in total. The first kappa shape index (κ1) is 31.3. The Bertz CT molecular complexity index is 1250. The van der Waals surface area contributed by atoms with Gasteiger partial charge < -0.3 is 30.5 Å². The molecule has 1 saturated heterocycles. The monoisotopic (exact) mass is 591 g/mol. The molecule has 1 saturated carbocycles. The van der Waals surface area contributed by atoms with Crippen LogP contribution in [0.25, 0.3) is 0 Å². The van der Waals surface area contributed by atoms with Gasteiger partial charge in [-0.25, -0.2) is 4.98 Å². The molecule has 1 aromatic carbocycles. The number of rotatable bonds is 9. The maximum atomic E-state index is 14.0. The summed E-state index contributed by atoms with van der Waals surface area (Å²) in [7, 11) is 5.18. The van der Waals surface area contributed by atoms with Gasteiger partial charge in [0.25, 0.3) is 5.91 Å². The van der Waals surface area contributed by atoms with Gasteiger partial charge in [0, 0.05) is 37.3 Å². The van der Waals surface area contributed by atoms with Crippen molar-refractivity contribution in [2.24, 2.45) is 0 Å². The van der Waals surface area contributed by atoms with Crippen LogP contribution in [-0.2, 0) is 11.0 Å². The van der Waals surface area contributed by atoms with Crippen molar-refractivity contribution >= 4 is 29.3 Å². The number of amides is 2. The van der Waals surface area contributed by atoms with Gasteiger partial charge in [0.1, 0.15) is 17.1 Å². The first-order valence-electron chi connectivity index (χ1n) is 14.4. The Morgan fingerprint density at radius 3 is 2.52 bits per heavy atom. The maximum Gasteiger partial charge on any atom is 0.421 e. The number of nitrogens with one attached hydrogen (secondary N) is 3. The topological polar surface area (TPSA) is 112 Å². The zero-order chi connectivity index (χ0) is 30.4. The van der Waals surface area contributed by atoms with E-state index < -0.39 is 17.8 Å². The standard InChI is InChI=1S/C29H40F3N7O3/c1-5-25(40)39(3)23-9-7-6-8-21(23)35-26-20(29(30,31)32)17-33-28(37-26)36-22-11-10-18(16-24(22)42-4)27(41)34-19-12-14-38(2)15-13-19/h10-11,16-17,19,21,23H,5-9,12-15H2,1-4H3,(H,34,41)(H2,33,35,36,37)/t21-,23-/m1/s1. The maximum absolute atomic E-state index is 14.0. The molecule has 2 aromatic rings. The fraction of sp³-hybridized carbons (Fsp3) is 0.586. The summed E-state index contributed by atoms with van der Waals surface area (Å²) in [5.41, 5.74) is -0.196. The van der Waals surface area contributed by atoms with Gasteiger partial charge in [0.05, 0.1) is 18.8 Å². The third-order valence-corrected chi connectivity index (χ3v) is 8.10. The van der Waals surface area contributed by atoms with Gasteiger partial charge in [0.2, 0.25) is 11.9 Å². The number of piperidine rings is 1. The molecule has 0 radical (unpaired) electrons. The summed E-state index contributed by atoms with van der Waals surface area (Å²) in [6.45, 7) is 3.59. The minimum Gasteiger partial charge on any atom is -0.495 e. The Kier molecular flexibility index (Phi) is 10.1. The van der Waals surface area contributed by atoms with E-state index in [9.17, 15) is 22.8 Å². The predicted molar refractivity (Wildman–Crippen MR) is 154 cm³/mol. The molecule has 13 heteroatoms. The molecule has 2 amide bonds. The Morgan fingerprint density at radius 2 is 1.86 bits per heavy atom. The van der Waals surface area contributed by atoms with E-state index in [1.165, 1.54) is 7.11 Å². The van der Waals surface area contributed by atoms with Gasteiger partial charge in [-0.3, -0.25) is 9.59 Å². The molecule has 2 atom stereocenters. The average Bonchev–Trinajstić information content (AvgIpc) is 2.97. The number of nitrogens with zero attached hydrogens (tertiary/aromatic N) is 4. The normalized spacial score (nSPS) is 20.1. The number of halogens is 3. The molecule has 1 aliphatic carbocycles. The Hall–Kier alpha value is -3.61. The van der Waals surface area contributed by atoms with Crippen molar-refractivity contribution in [2.75, 3.05) is 44.9 Å². The number of carbonyl (C=O) groups excluding carboxylic acids is 2. The molecule has 2 heterocycles. The number of alkyl halides is 3. The fourth-order valence-corrected chi connectivity index (χ4v) is 5.59. The van der Waals surface area contributed by atoms with E-state index in [1.807, 2.05) is 0 Å². The largest absolute Gasteiger partial charge is 0.495 e. The molecule has 2 aliphatic rings. The Labute approximate surface area is 244 Å². The highest BCUT2D eigenvalue weighted by atomic mass is 19.4. The number of likely N-dealkylation sites (N-methyl/N-ethyl adjacent to an activating group) is 1. The van der Waals surface area contributed by atoms with Crippen LogP contribution in [0.3, 0.4) is 0 Å². The molecule has 42 heavy (non-hydrogen) atoms. The van der Waals surface area contributed by atoms with Crippen molar-refractivity contribution in [3.63, 3.8) is 0 Å². The first-order chi connectivity index (χ1) is 20.0. The van der Waals surface area contributed by atoms with Crippen molar-refractivity contribution in [3.05, 3.63) is 35.5 Å². The third kappa shape index (κ3) is 7.61. The van der Waals surface area contributed by atoms with Gasteiger partial charge in [-0.05, 0) is 64.0 Å². The molecular formula is C29H40F3N7O3. The van der Waals surface area contributed by atoms with Crippen LogP contribution in [0.1, 0.15) is 67.8 Å². The fourth-order valence-electron chi connectivity index (χ4n) is 5.59. The molecule has 2 fully saturated rings. The van der Waals surface area contributed by atoms with E-state index in [4.69, 9.17) is 4.74 Å². The molecule has 1 aromatic heterocycles. The van der Waals surface area contributed by atoms with Gasteiger partial charge in [-0.2, -0.15) is 18.2 Å². The van der Waals surface area contributed by atoms with Crippen molar-refractivity contribution in [3.8, 4) is 5.75 Å². The van der Waals surface area contributed by atoms with E-state index in [0.717, 1.165) is 45.0 Å². The van der Waals surface area contributed by atoms with E-state index in [0.29, 0.717) is 36.3 Å². The van der Waals surface area contributed by atoms with Crippen LogP contribution < -0.4 is 20.7 Å². The SMILES string of the molecule is CCC(=O)N(C)[C@@H]1CCCC[C@H]1Nc1nc(Nc2ccc(C(=O)NC3CCN(C)CC3)cc2OC)ncc1C(F)(F)F. The number of aromatic nitrogens is 2. The second-order valence-electron chi connectivity index (χ2n) is 11.0. The highest BCUT2D eigenvalue weighted by Gasteiger charge is 2.38. The van der Waals surface area contributed by atoms with Gasteiger partial charge in [-0.1, -0.05) is 19.8 Å². The highest BCUT2D eigenvalue weighted by molar-refractivity contribution is 5.95. The summed E-state index contributed by atoms with van der Waals surface area (Å²) in [6, 6.07) is 4.23. The van der Waals surface area contributed by atoms with E-state index in [-0.39, 0.29) is 35.7 Å². The number of likely N-dealkylation sites (tertiary alicyclic amines) is 1. The van der Waals surface area contributed by atoms with Crippen molar-refractivity contribution in [1.82, 2.24) is 25.1 Å². The summed E-state index contributed by atoms with van der Waals surface area (Å²) in [6.07, 6.45) is 1.12. The molecule has 0 unspecified atom stereocenters. The zero-order valence-electron chi connectivity index (χ0n) is 24.6. The predicted octanol–water partition coefficient (Wildman–Crippen LogP) is 4.66. The lowest BCUT2D eigenvalue weighted by Crippen LogP contribution is -2.49. The molecule has 230 valence electrons. The molecule has 3 N–H and O–H groups in total. The molecule has 1 aliphatic heterocycles. The van der Waals surface area contributed by atoms with Gasteiger partial charge >= 0.3 is 6.18 Å². The summed E-state index contributed by atoms with van der Waals surface area (Å²) in [5, 5.41) is 8.99.